The third kappa shape index (κ3) is 4.45. The lowest BCUT2D eigenvalue weighted by Gasteiger charge is -1.81. The second kappa shape index (κ2) is 7.79. The van der Waals surface area contributed by atoms with Crippen molar-refractivity contribution in [2.75, 3.05) is 0 Å². The summed E-state index contributed by atoms with van der Waals surface area (Å²) in [4.78, 5) is 18.6. The highest BCUT2D eigenvalue weighted by Crippen LogP contribution is 2.23. The van der Waals surface area contributed by atoms with E-state index in [1.165, 1.54) is 11.3 Å². The monoisotopic (exact) mass is 328 g/mol. The molecule has 0 aliphatic rings. The van der Waals surface area contributed by atoms with Crippen molar-refractivity contribution in [3.63, 3.8) is 0 Å². The van der Waals surface area contributed by atoms with Crippen molar-refractivity contribution in [2.24, 2.45) is 0 Å². The quantitative estimate of drug-likeness (QED) is 0.728. The summed E-state index contributed by atoms with van der Waals surface area (Å²) in [6.07, 6.45) is 6.63. The summed E-state index contributed by atoms with van der Waals surface area (Å²) >= 11 is 6.77. The number of rotatable bonds is 1. The standard InChI is InChI=1S/C8H5NO2S.C5H4ClN.ClH/c10-8(11)7-3-5-4-9-2-1-6(5)12-7;6-5-1-3-7-4-2-5;/h1-4H,(H,10,11);1-4H;1H. The molecule has 0 aliphatic carbocycles. The minimum absolute atomic E-state index is 0. The van der Waals surface area contributed by atoms with Gasteiger partial charge in [0.05, 0.1) is 0 Å². The molecule has 0 amide bonds. The first-order valence-corrected chi connectivity index (χ1v) is 6.48. The van der Waals surface area contributed by atoms with Gasteiger partial charge >= 0.3 is 5.97 Å². The third-order valence-corrected chi connectivity index (χ3v) is 3.52. The van der Waals surface area contributed by atoms with Gasteiger partial charge in [-0.2, -0.15) is 0 Å². The molecule has 0 fully saturated rings. The van der Waals surface area contributed by atoms with Crippen LogP contribution < -0.4 is 0 Å². The van der Waals surface area contributed by atoms with E-state index in [-0.39, 0.29) is 12.4 Å². The van der Waals surface area contributed by atoms with E-state index in [0.717, 1.165) is 15.1 Å². The Kier molecular flexibility index (Phi) is 6.38. The van der Waals surface area contributed by atoms with Crippen LogP contribution in [0.15, 0.2) is 49.1 Å². The van der Waals surface area contributed by atoms with Crippen LogP contribution in [0.3, 0.4) is 0 Å². The zero-order chi connectivity index (χ0) is 13.7. The molecule has 20 heavy (non-hydrogen) atoms. The van der Waals surface area contributed by atoms with E-state index >= 15 is 0 Å². The highest BCUT2D eigenvalue weighted by atomic mass is 35.5. The minimum atomic E-state index is -0.879. The van der Waals surface area contributed by atoms with Crippen molar-refractivity contribution in [3.8, 4) is 0 Å². The topological polar surface area (TPSA) is 63.1 Å². The Labute approximate surface area is 130 Å². The first kappa shape index (κ1) is 16.4. The SMILES string of the molecule is Cl.Clc1ccncc1.O=C(O)c1cc2cnccc2s1. The fourth-order valence-corrected chi connectivity index (χ4v) is 2.30. The Morgan fingerprint density at radius 3 is 2.30 bits per heavy atom. The van der Waals surface area contributed by atoms with Gasteiger partial charge < -0.3 is 5.11 Å². The Hall–Kier alpha value is -1.69. The van der Waals surface area contributed by atoms with E-state index in [4.69, 9.17) is 16.7 Å². The second-order valence-corrected chi connectivity index (χ2v) is 5.01. The van der Waals surface area contributed by atoms with Gasteiger partial charge in [0.1, 0.15) is 4.88 Å². The van der Waals surface area contributed by atoms with Crippen molar-refractivity contribution < 1.29 is 9.90 Å². The highest BCUT2D eigenvalue weighted by Gasteiger charge is 2.06. The molecule has 3 aromatic rings. The van der Waals surface area contributed by atoms with Gasteiger partial charge in [0.15, 0.2) is 0 Å². The highest BCUT2D eigenvalue weighted by molar-refractivity contribution is 7.20. The molecule has 0 saturated heterocycles. The zero-order valence-electron chi connectivity index (χ0n) is 10.1. The molecule has 3 aromatic heterocycles. The molecule has 7 heteroatoms. The van der Waals surface area contributed by atoms with E-state index in [1.54, 1.807) is 43.0 Å². The Balaban J connectivity index is 0.000000216. The van der Waals surface area contributed by atoms with Crippen molar-refractivity contribution in [1.82, 2.24) is 9.97 Å². The molecule has 0 radical (unpaired) electrons. The number of pyridine rings is 2. The molecule has 0 bridgehead atoms. The predicted octanol–water partition coefficient (Wildman–Crippen LogP) is 4.15. The number of carbonyl (C=O) groups is 1. The van der Waals surface area contributed by atoms with Gasteiger partial charge in [0.2, 0.25) is 0 Å². The largest absolute Gasteiger partial charge is 0.477 e. The van der Waals surface area contributed by atoms with Crippen LogP contribution in [0, 0.1) is 0 Å². The van der Waals surface area contributed by atoms with Crippen molar-refractivity contribution in [1.29, 1.82) is 0 Å². The lowest BCUT2D eigenvalue weighted by atomic mass is 10.3. The van der Waals surface area contributed by atoms with Crippen LogP contribution in [0.4, 0.5) is 0 Å². The lowest BCUT2D eigenvalue weighted by molar-refractivity contribution is 0.0702. The van der Waals surface area contributed by atoms with E-state index < -0.39 is 5.97 Å². The first-order valence-electron chi connectivity index (χ1n) is 5.29. The number of nitrogens with zero attached hydrogens (tertiary/aromatic N) is 2. The number of carboxylic acids is 1. The van der Waals surface area contributed by atoms with Gasteiger partial charge in [-0.1, -0.05) is 11.6 Å². The van der Waals surface area contributed by atoms with Crippen molar-refractivity contribution in [2.45, 2.75) is 0 Å². The van der Waals surface area contributed by atoms with Gasteiger partial charge in [-0.05, 0) is 24.3 Å². The fraction of sp³-hybridized carbons (Fsp3) is 0. The van der Waals surface area contributed by atoms with Gasteiger partial charge in [-0.3, -0.25) is 9.97 Å². The van der Waals surface area contributed by atoms with Crippen LogP contribution in [0.5, 0.6) is 0 Å². The number of aromatic nitrogens is 2. The average molecular weight is 329 g/mol. The number of hydrogen-bond donors (Lipinski definition) is 1. The summed E-state index contributed by atoms with van der Waals surface area (Å²) in [6, 6.07) is 6.92. The number of thiophene rings is 1. The number of aromatic carboxylic acids is 1. The first-order chi connectivity index (χ1) is 9.16. The van der Waals surface area contributed by atoms with Crippen molar-refractivity contribution >= 4 is 51.4 Å². The molecule has 0 spiro atoms. The second-order valence-electron chi connectivity index (χ2n) is 3.49. The van der Waals surface area contributed by atoms with Crippen LogP contribution in [0.1, 0.15) is 9.67 Å². The lowest BCUT2D eigenvalue weighted by Crippen LogP contribution is -1.89. The van der Waals surface area contributed by atoms with Gasteiger partial charge in [-0.25, -0.2) is 4.79 Å². The summed E-state index contributed by atoms with van der Waals surface area (Å²) in [6.45, 7) is 0. The summed E-state index contributed by atoms with van der Waals surface area (Å²) in [5.41, 5.74) is 0. The maximum atomic E-state index is 10.6. The van der Waals surface area contributed by atoms with Crippen molar-refractivity contribution in [3.05, 3.63) is 59.0 Å². The Bertz CT molecular complexity index is 656. The summed E-state index contributed by atoms with van der Waals surface area (Å²) < 4.78 is 0.961. The molecule has 0 aromatic carbocycles. The number of halogens is 2. The zero-order valence-corrected chi connectivity index (χ0v) is 12.5. The van der Waals surface area contributed by atoms with E-state index in [0.29, 0.717) is 4.88 Å². The van der Waals surface area contributed by atoms with Crippen LogP contribution in [0.25, 0.3) is 10.1 Å². The number of fused-ring (bicyclic) bond motifs is 1. The van der Waals surface area contributed by atoms with E-state index in [1.807, 2.05) is 6.07 Å². The average Bonchev–Trinajstić information content (AvgIpc) is 2.84. The van der Waals surface area contributed by atoms with Gasteiger partial charge in [0.25, 0.3) is 0 Å². The maximum Gasteiger partial charge on any atom is 0.345 e. The number of hydrogen-bond acceptors (Lipinski definition) is 4. The Morgan fingerprint density at radius 2 is 1.80 bits per heavy atom. The van der Waals surface area contributed by atoms with E-state index in [2.05, 4.69) is 9.97 Å². The maximum absolute atomic E-state index is 10.6. The van der Waals surface area contributed by atoms with Crippen LogP contribution in [-0.4, -0.2) is 21.0 Å². The summed E-state index contributed by atoms with van der Waals surface area (Å²) in [5.74, 6) is -0.879. The minimum Gasteiger partial charge on any atom is -0.477 e. The third-order valence-electron chi connectivity index (χ3n) is 2.17. The molecule has 0 saturated carbocycles. The van der Waals surface area contributed by atoms with Gasteiger partial charge in [0, 0.05) is 39.9 Å². The molecule has 0 aliphatic heterocycles. The molecule has 0 unspecified atom stereocenters. The van der Waals surface area contributed by atoms with Crippen LogP contribution >= 0.6 is 35.3 Å². The fourth-order valence-electron chi connectivity index (χ4n) is 1.32. The molecule has 0 atom stereocenters. The van der Waals surface area contributed by atoms with E-state index in [9.17, 15) is 4.79 Å². The molecule has 3 rings (SSSR count). The molecule has 3 heterocycles. The molecular weight excluding hydrogens is 319 g/mol. The Morgan fingerprint density at radius 1 is 1.15 bits per heavy atom. The molecule has 104 valence electrons. The normalized spacial score (nSPS) is 9.25. The predicted molar refractivity (Wildman–Crippen MR) is 83.1 cm³/mol. The smallest absolute Gasteiger partial charge is 0.345 e. The molecule has 1 N–H and O–H groups in total. The summed E-state index contributed by atoms with van der Waals surface area (Å²) in [5, 5.41) is 10.3. The van der Waals surface area contributed by atoms with Crippen LogP contribution in [0.2, 0.25) is 5.02 Å². The van der Waals surface area contributed by atoms with Gasteiger partial charge in [-0.15, -0.1) is 23.7 Å². The number of carboxylic acid groups (broad SMARTS) is 1. The molecule has 4 nitrogen and oxygen atoms in total. The molecular formula is C13H10Cl2N2O2S. The van der Waals surface area contributed by atoms with Crippen LogP contribution in [-0.2, 0) is 0 Å². The summed E-state index contributed by atoms with van der Waals surface area (Å²) in [7, 11) is 0.